The lowest BCUT2D eigenvalue weighted by Gasteiger charge is -2.23. The molecule has 2 N–H and O–H groups in total. The van der Waals surface area contributed by atoms with Crippen LogP contribution in [0.15, 0.2) is 0 Å². The second kappa shape index (κ2) is 5.49. The van der Waals surface area contributed by atoms with Gasteiger partial charge >= 0.3 is 5.97 Å². The number of hydrogen-bond acceptors (Lipinski definition) is 3. The first-order valence-corrected chi connectivity index (χ1v) is 6.01. The van der Waals surface area contributed by atoms with E-state index in [9.17, 15) is 9.59 Å². The summed E-state index contributed by atoms with van der Waals surface area (Å²) in [4.78, 5) is 24.3. The summed E-state index contributed by atoms with van der Waals surface area (Å²) in [5.74, 6) is -0.556. The topological polar surface area (TPSA) is 69.6 Å². The molecule has 1 heterocycles. The molecule has 0 saturated carbocycles. The molecule has 17 heavy (non-hydrogen) atoms. The van der Waals surface area contributed by atoms with Crippen molar-refractivity contribution in [2.24, 2.45) is 5.92 Å². The lowest BCUT2D eigenvalue weighted by molar-refractivity contribution is -0.138. The highest BCUT2D eigenvalue weighted by Gasteiger charge is 2.26. The largest absolute Gasteiger partial charge is 0.481 e. The molecule has 0 bridgehead atoms. The number of amides is 1. The fourth-order valence-electron chi connectivity index (χ4n) is 2.13. The maximum atomic E-state index is 11.7. The molecule has 1 saturated heterocycles. The van der Waals surface area contributed by atoms with Crippen molar-refractivity contribution in [2.75, 3.05) is 19.6 Å². The summed E-state index contributed by atoms with van der Waals surface area (Å²) in [6.07, 6.45) is 1.08. The van der Waals surface area contributed by atoms with E-state index in [2.05, 4.69) is 5.32 Å². The van der Waals surface area contributed by atoms with Crippen LogP contribution in [0, 0.1) is 5.92 Å². The zero-order valence-corrected chi connectivity index (χ0v) is 10.8. The minimum Gasteiger partial charge on any atom is -0.481 e. The Labute approximate surface area is 102 Å². The molecule has 0 spiro atoms. The van der Waals surface area contributed by atoms with Gasteiger partial charge in [-0.05, 0) is 39.7 Å². The molecular formula is C12H22N2O3. The molecule has 0 aromatic carbocycles. The third kappa shape index (κ3) is 5.68. The minimum atomic E-state index is -0.754. The summed E-state index contributed by atoms with van der Waals surface area (Å²) in [7, 11) is 0. The van der Waals surface area contributed by atoms with Gasteiger partial charge in [-0.1, -0.05) is 0 Å². The van der Waals surface area contributed by atoms with Crippen molar-refractivity contribution in [1.29, 1.82) is 0 Å². The quantitative estimate of drug-likeness (QED) is 0.761. The summed E-state index contributed by atoms with van der Waals surface area (Å²) in [5.41, 5.74) is -0.211. The summed E-state index contributed by atoms with van der Waals surface area (Å²) in [6, 6.07) is 0. The maximum absolute atomic E-state index is 11.7. The highest BCUT2D eigenvalue weighted by Crippen LogP contribution is 2.19. The third-order valence-corrected chi connectivity index (χ3v) is 2.71. The zero-order valence-electron chi connectivity index (χ0n) is 10.8. The number of carboxylic acids is 1. The zero-order chi connectivity index (χ0) is 13.1. The van der Waals surface area contributed by atoms with E-state index < -0.39 is 5.97 Å². The first-order valence-electron chi connectivity index (χ1n) is 6.01. The van der Waals surface area contributed by atoms with Gasteiger partial charge in [0.05, 0.1) is 6.54 Å². The molecule has 1 unspecified atom stereocenters. The molecule has 5 nitrogen and oxygen atoms in total. The lowest BCUT2D eigenvalue weighted by atomic mass is 10.1. The first kappa shape index (κ1) is 14.0. The van der Waals surface area contributed by atoms with Gasteiger partial charge in [0.25, 0.3) is 0 Å². The monoisotopic (exact) mass is 242 g/mol. The normalized spacial score (nSPS) is 21.5. The number of carbonyl (C=O) groups excluding carboxylic acids is 1. The Morgan fingerprint density at radius 2 is 2.06 bits per heavy atom. The van der Waals surface area contributed by atoms with Crippen LogP contribution >= 0.6 is 0 Å². The molecule has 5 heteroatoms. The van der Waals surface area contributed by atoms with Gasteiger partial charge in [-0.2, -0.15) is 0 Å². The van der Waals surface area contributed by atoms with E-state index in [4.69, 9.17) is 5.11 Å². The van der Waals surface area contributed by atoms with Gasteiger partial charge in [0.2, 0.25) is 5.91 Å². The molecule has 1 atom stereocenters. The Morgan fingerprint density at radius 1 is 1.41 bits per heavy atom. The number of carbonyl (C=O) groups is 2. The van der Waals surface area contributed by atoms with E-state index in [0.717, 1.165) is 13.0 Å². The van der Waals surface area contributed by atoms with Crippen molar-refractivity contribution in [3.8, 4) is 0 Å². The van der Waals surface area contributed by atoms with Crippen LogP contribution in [0.25, 0.3) is 0 Å². The van der Waals surface area contributed by atoms with Crippen LogP contribution in [0.4, 0.5) is 0 Å². The average molecular weight is 242 g/mol. The molecule has 1 aliphatic heterocycles. The average Bonchev–Trinajstić information content (AvgIpc) is 2.46. The Hall–Kier alpha value is -1.10. The Morgan fingerprint density at radius 3 is 2.59 bits per heavy atom. The summed E-state index contributed by atoms with van der Waals surface area (Å²) in [5, 5.41) is 11.6. The smallest absolute Gasteiger partial charge is 0.303 e. The van der Waals surface area contributed by atoms with Gasteiger partial charge < -0.3 is 10.4 Å². The van der Waals surface area contributed by atoms with Crippen molar-refractivity contribution in [3.63, 3.8) is 0 Å². The number of likely N-dealkylation sites (tertiary alicyclic amines) is 1. The Bertz CT molecular complexity index is 297. The SMILES string of the molecule is CC(C)(C)NC(=O)CN1CCC(CC(=O)O)C1. The number of carboxylic acid groups (broad SMARTS) is 1. The van der Waals surface area contributed by atoms with E-state index in [1.807, 2.05) is 25.7 Å². The molecule has 0 aromatic heterocycles. The van der Waals surface area contributed by atoms with Crippen molar-refractivity contribution < 1.29 is 14.7 Å². The predicted molar refractivity (Wildman–Crippen MR) is 64.7 cm³/mol. The van der Waals surface area contributed by atoms with Crippen LogP contribution in [-0.2, 0) is 9.59 Å². The molecule has 1 rings (SSSR count). The van der Waals surface area contributed by atoms with Crippen molar-refractivity contribution in [1.82, 2.24) is 10.2 Å². The van der Waals surface area contributed by atoms with Gasteiger partial charge in [0.15, 0.2) is 0 Å². The highest BCUT2D eigenvalue weighted by molar-refractivity contribution is 5.78. The van der Waals surface area contributed by atoms with Crippen molar-refractivity contribution in [3.05, 3.63) is 0 Å². The number of hydrogen-bond donors (Lipinski definition) is 2. The number of rotatable bonds is 4. The van der Waals surface area contributed by atoms with E-state index in [0.29, 0.717) is 13.1 Å². The van der Waals surface area contributed by atoms with Gasteiger partial charge in [-0.25, -0.2) is 0 Å². The molecule has 0 aliphatic carbocycles. The molecule has 0 radical (unpaired) electrons. The van der Waals surface area contributed by atoms with Gasteiger partial charge in [-0.15, -0.1) is 0 Å². The van der Waals surface area contributed by atoms with Crippen LogP contribution < -0.4 is 5.32 Å². The second-order valence-corrected chi connectivity index (χ2v) is 5.79. The highest BCUT2D eigenvalue weighted by atomic mass is 16.4. The molecule has 1 fully saturated rings. The van der Waals surface area contributed by atoms with Crippen LogP contribution in [0.2, 0.25) is 0 Å². The third-order valence-electron chi connectivity index (χ3n) is 2.71. The maximum Gasteiger partial charge on any atom is 0.303 e. The lowest BCUT2D eigenvalue weighted by Crippen LogP contribution is -2.45. The second-order valence-electron chi connectivity index (χ2n) is 5.79. The standard InChI is InChI=1S/C12H22N2O3/c1-12(2,3)13-10(15)8-14-5-4-9(7-14)6-11(16)17/h9H,4-8H2,1-3H3,(H,13,15)(H,16,17). The minimum absolute atomic E-state index is 0.00785. The van der Waals surface area contributed by atoms with E-state index in [1.54, 1.807) is 0 Å². The first-order chi connectivity index (χ1) is 7.76. The fraction of sp³-hybridized carbons (Fsp3) is 0.833. The Kier molecular flexibility index (Phi) is 4.51. The predicted octanol–water partition coefficient (Wildman–Crippen LogP) is 0.698. The van der Waals surface area contributed by atoms with E-state index >= 15 is 0 Å². The van der Waals surface area contributed by atoms with Crippen LogP contribution in [0.5, 0.6) is 0 Å². The van der Waals surface area contributed by atoms with Crippen molar-refractivity contribution >= 4 is 11.9 Å². The van der Waals surface area contributed by atoms with E-state index in [1.165, 1.54) is 0 Å². The van der Waals surface area contributed by atoms with E-state index in [-0.39, 0.29) is 23.8 Å². The number of aliphatic carboxylic acids is 1. The van der Waals surface area contributed by atoms with Gasteiger partial charge in [0, 0.05) is 18.5 Å². The molecule has 98 valence electrons. The van der Waals surface area contributed by atoms with Crippen LogP contribution in [-0.4, -0.2) is 47.1 Å². The van der Waals surface area contributed by atoms with Gasteiger partial charge in [-0.3, -0.25) is 14.5 Å². The van der Waals surface area contributed by atoms with Crippen LogP contribution in [0.3, 0.4) is 0 Å². The molecule has 0 aromatic rings. The molecule has 1 aliphatic rings. The number of nitrogens with zero attached hydrogens (tertiary/aromatic N) is 1. The summed E-state index contributed by atoms with van der Waals surface area (Å²) >= 11 is 0. The van der Waals surface area contributed by atoms with Crippen molar-refractivity contribution in [2.45, 2.75) is 39.2 Å². The fourth-order valence-corrected chi connectivity index (χ4v) is 2.13. The van der Waals surface area contributed by atoms with Gasteiger partial charge in [0.1, 0.15) is 0 Å². The summed E-state index contributed by atoms with van der Waals surface area (Å²) in [6.45, 7) is 7.74. The molecule has 1 amide bonds. The van der Waals surface area contributed by atoms with Crippen LogP contribution in [0.1, 0.15) is 33.6 Å². The number of nitrogens with one attached hydrogen (secondary N) is 1. The Balaban J connectivity index is 2.30. The molecular weight excluding hydrogens is 220 g/mol. The summed E-state index contributed by atoms with van der Waals surface area (Å²) < 4.78 is 0.